The number of hydrogen-bond acceptors (Lipinski definition) is 3. The average molecular weight is 237 g/mol. The van der Waals surface area contributed by atoms with Crippen molar-refractivity contribution in [3.05, 3.63) is 0 Å². The molecule has 1 aliphatic heterocycles. The van der Waals surface area contributed by atoms with Crippen molar-refractivity contribution in [2.24, 2.45) is 0 Å². The van der Waals surface area contributed by atoms with Crippen LogP contribution in [0.4, 0.5) is 0 Å². The van der Waals surface area contributed by atoms with Gasteiger partial charge in [-0.15, -0.1) is 12.4 Å². The minimum absolute atomic E-state index is 0. The Hall–Kier alpha value is -0.320. The number of hydrogen-bond donors (Lipinski definition) is 2. The molecule has 4 nitrogen and oxygen atoms in total. The molecule has 0 aromatic rings. The third kappa shape index (κ3) is 6.71. The predicted octanol–water partition coefficient (Wildman–Crippen LogP) is 0.703. The molecule has 0 aromatic heterocycles. The van der Waals surface area contributed by atoms with Gasteiger partial charge in [0, 0.05) is 19.7 Å². The Morgan fingerprint density at radius 3 is 2.87 bits per heavy atom. The van der Waals surface area contributed by atoms with Crippen molar-refractivity contribution in [1.29, 1.82) is 0 Å². The maximum absolute atomic E-state index is 11.3. The molecule has 1 heterocycles. The predicted molar refractivity (Wildman–Crippen MR) is 62.4 cm³/mol. The highest BCUT2D eigenvalue weighted by Crippen LogP contribution is 2.14. The van der Waals surface area contributed by atoms with E-state index in [-0.39, 0.29) is 24.4 Å². The normalized spacial score (nSPS) is 19.7. The number of rotatable bonds is 6. The van der Waals surface area contributed by atoms with Crippen LogP contribution in [0.25, 0.3) is 0 Å². The van der Waals surface area contributed by atoms with Crippen LogP contribution in [-0.4, -0.2) is 38.3 Å². The molecule has 1 saturated heterocycles. The third-order valence-corrected chi connectivity index (χ3v) is 2.31. The van der Waals surface area contributed by atoms with Crippen LogP contribution in [0.3, 0.4) is 0 Å². The van der Waals surface area contributed by atoms with Gasteiger partial charge in [0.2, 0.25) is 5.91 Å². The largest absolute Gasteiger partial charge is 0.378 e. The fraction of sp³-hybridized carbons (Fsp3) is 0.900. The van der Waals surface area contributed by atoms with Gasteiger partial charge in [-0.05, 0) is 19.4 Å². The lowest BCUT2D eigenvalue weighted by atomic mass is 10.2. The zero-order valence-corrected chi connectivity index (χ0v) is 10.1. The Labute approximate surface area is 97.5 Å². The molecule has 0 bridgehead atoms. The topological polar surface area (TPSA) is 50.4 Å². The van der Waals surface area contributed by atoms with E-state index in [1.54, 1.807) is 0 Å². The lowest BCUT2D eigenvalue weighted by Gasteiger charge is -2.09. The van der Waals surface area contributed by atoms with E-state index in [0.29, 0.717) is 13.0 Å². The highest BCUT2D eigenvalue weighted by molar-refractivity contribution is 5.85. The lowest BCUT2D eigenvalue weighted by Crippen LogP contribution is -2.33. The molecule has 15 heavy (non-hydrogen) atoms. The Morgan fingerprint density at radius 2 is 2.27 bits per heavy atom. The summed E-state index contributed by atoms with van der Waals surface area (Å²) in [6, 6.07) is 0. The number of nitrogens with one attached hydrogen (secondary N) is 2. The molecule has 1 aliphatic rings. The highest BCUT2D eigenvalue weighted by Gasteiger charge is 2.18. The fourth-order valence-electron chi connectivity index (χ4n) is 1.55. The molecule has 1 fully saturated rings. The molecular formula is C10H21ClN2O2. The summed E-state index contributed by atoms with van der Waals surface area (Å²) < 4.78 is 5.37. The smallest absolute Gasteiger partial charge is 0.222 e. The van der Waals surface area contributed by atoms with E-state index in [1.165, 1.54) is 0 Å². The Morgan fingerprint density at radius 1 is 1.47 bits per heavy atom. The Bertz CT molecular complexity index is 173. The van der Waals surface area contributed by atoms with E-state index in [4.69, 9.17) is 4.74 Å². The van der Waals surface area contributed by atoms with Crippen LogP contribution in [0.2, 0.25) is 0 Å². The maximum atomic E-state index is 11.3. The Balaban J connectivity index is 0.00000196. The maximum Gasteiger partial charge on any atom is 0.222 e. The van der Waals surface area contributed by atoms with E-state index < -0.39 is 0 Å². The first-order valence-electron chi connectivity index (χ1n) is 5.42. The third-order valence-electron chi connectivity index (χ3n) is 2.31. The highest BCUT2D eigenvalue weighted by atomic mass is 35.5. The van der Waals surface area contributed by atoms with Gasteiger partial charge in [-0.2, -0.15) is 0 Å². The summed E-state index contributed by atoms with van der Waals surface area (Å²) >= 11 is 0. The van der Waals surface area contributed by atoms with Crippen LogP contribution in [0.1, 0.15) is 26.2 Å². The number of amides is 1. The molecule has 1 rings (SSSR count). The zero-order valence-electron chi connectivity index (χ0n) is 9.25. The lowest BCUT2D eigenvalue weighted by molar-refractivity contribution is -0.123. The summed E-state index contributed by atoms with van der Waals surface area (Å²) in [6.45, 7) is 5.36. The second-order valence-corrected chi connectivity index (χ2v) is 3.54. The van der Waals surface area contributed by atoms with Crippen molar-refractivity contribution in [3.63, 3.8) is 0 Å². The summed E-state index contributed by atoms with van der Waals surface area (Å²) in [6.07, 6.45) is 2.80. The van der Waals surface area contributed by atoms with E-state index in [9.17, 15) is 4.79 Å². The molecule has 0 aliphatic carbocycles. The summed E-state index contributed by atoms with van der Waals surface area (Å²) in [7, 11) is 0. The minimum atomic E-state index is 0. The van der Waals surface area contributed by atoms with Crippen LogP contribution in [-0.2, 0) is 9.53 Å². The van der Waals surface area contributed by atoms with Crippen LogP contribution < -0.4 is 10.6 Å². The second kappa shape index (κ2) is 8.95. The number of carbonyl (C=O) groups excluding carboxylic acids is 1. The van der Waals surface area contributed by atoms with Crippen molar-refractivity contribution < 1.29 is 9.53 Å². The first-order valence-corrected chi connectivity index (χ1v) is 5.42. The van der Waals surface area contributed by atoms with Crippen molar-refractivity contribution in [3.8, 4) is 0 Å². The van der Waals surface area contributed by atoms with Crippen LogP contribution in [0.15, 0.2) is 0 Å². The molecule has 0 radical (unpaired) electrons. The van der Waals surface area contributed by atoms with E-state index in [1.807, 2.05) is 6.92 Å². The molecule has 0 aromatic carbocycles. The SMILES string of the molecule is CCNCCNC(=O)CC1CCCO1.Cl. The molecule has 1 amide bonds. The van der Waals surface area contributed by atoms with E-state index in [0.717, 1.165) is 32.5 Å². The number of likely N-dealkylation sites (N-methyl/N-ethyl adjacent to an activating group) is 1. The average Bonchev–Trinajstić information content (AvgIpc) is 2.65. The number of halogens is 1. The van der Waals surface area contributed by atoms with Crippen LogP contribution >= 0.6 is 12.4 Å². The van der Waals surface area contributed by atoms with Gasteiger partial charge in [0.15, 0.2) is 0 Å². The van der Waals surface area contributed by atoms with Crippen LogP contribution in [0.5, 0.6) is 0 Å². The van der Waals surface area contributed by atoms with Crippen LogP contribution in [0, 0.1) is 0 Å². The van der Waals surface area contributed by atoms with Gasteiger partial charge >= 0.3 is 0 Å². The van der Waals surface area contributed by atoms with Gasteiger partial charge in [0.1, 0.15) is 0 Å². The number of carbonyl (C=O) groups is 1. The van der Waals surface area contributed by atoms with Crippen molar-refractivity contribution >= 4 is 18.3 Å². The fourth-order valence-corrected chi connectivity index (χ4v) is 1.55. The first kappa shape index (κ1) is 14.7. The monoisotopic (exact) mass is 236 g/mol. The molecule has 2 N–H and O–H groups in total. The van der Waals surface area contributed by atoms with Gasteiger partial charge in [-0.1, -0.05) is 6.92 Å². The Kier molecular flexibility index (Phi) is 8.76. The summed E-state index contributed by atoms with van der Waals surface area (Å²) in [4.78, 5) is 11.3. The van der Waals surface area contributed by atoms with Crippen molar-refractivity contribution in [1.82, 2.24) is 10.6 Å². The molecule has 90 valence electrons. The molecule has 0 saturated carbocycles. The van der Waals surface area contributed by atoms with Gasteiger partial charge < -0.3 is 15.4 Å². The minimum Gasteiger partial charge on any atom is -0.378 e. The molecular weight excluding hydrogens is 216 g/mol. The molecule has 1 atom stereocenters. The van der Waals surface area contributed by atoms with E-state index >= 15 is 0 Å². The van der Waals surface area contributed by atoms with E-state index in [2.05, 4.69) is 10.6 Å². The van der Waals surface area contributed by atoms with Crippen molar-refractivity contribution in [2.45, 2.75) is 32.3 Å². The van der Waals surface area contributed by atoms with Gasteiger partial charge in [0.05, 0.1) is 12.5 Å². The summed E-state index contributed by atoms with van der Waals surface area (Å²) in [5.74, 6) is 0.106. The molecule has 5 heteroatoms. The van der Waals surface area contributed by atoms with Gasteiger partial charge in [-0.3, -0.25) is 4.79 Å². The standard InChI is InChI=1S/C10H20N2O2.ClH/c1-2-11-5-6-12-10(13)8-9-4-3-7-14-9;/h9,11H,2-8H2,1H3,(H,12,13);1H. The first-order chi connectivity index (χ1) is 6.83. The summed E-state index contributed by atoms with van der Waals surface area (Å²) in [5.41, 5.74) is 0. The number of ether oxygens (including phenoxy) is 1. The molecule has 0 spiro atoms. The van der Waals surface area contributed by atoms with Gasteiger partial charge in [-0.25, -0.2) is 0 Å². The van der Waals surface area contributed by atoms with Gasteiger partial charge in [0.25, 0.3) is 0 Å². The molecule has 1 unspecified atom stereocenters. The second-order valence-electron chi connectivity index (χ2n) is 3.54. The quantitative estimate of drug-likeness (QED) is 0.668. The zero-order chi connectivity index (χ0) is 10.2. The summed E-state index contributed by atoms with van der Waals surface area (Å²) in [5, 5.41) is 6.01. The van der Waals surface area contributed by atoms with Crippen molar-refractivity contribution in [2.75, 3.05) is 26.2 Å².